The molecule has 0 aromatic rings. The van der Waals surface area contributed by atoms with Crippen LogP contribution in [0.5, 0.6) is 0 Å². The van der Waals surface area contributed by atoms with E-state index in [0.29, 0.717) is 6.10 Å². The summed E-state index contributed by atoms with van der Waals surface area (Å²) >= 11 is 0. The van der Waals surface area contributed by atoms with Crippen molar-refractivity contribution in [2.75, 3.05) is 19.7 Å². The molecule has 2 unspecified atom stereocenters. The minimum Gasteiger partial charge on any atom is -0.373 e. The van der Waals surface area contributed by atoms with Crippen LogP contribution in [0, 0.1) is 5.92 Å². The molecule has 0 aromatic heterocycles. The summed E-state index contributed by atoms with van der Waals surface area (Å²) in [5.41, 5.74) is 0. The monoisotopic (exact) mass is 155 g/mol. The van der Waals surface area contributed by atoms with Crippen molar-refractivity contribution in [2.45, 2.75) is 32.4 Å². The molecule has 0 radical (unpaired) electrons. The number of likely N-dealkylation sites (tertiary alicyclic amines) is 1. The van der Waals surface area contributed by atoms with E-state index in [1.165, 1.54) is 19.5 Å². The summed E-state index contributed by atoms with van der Waals surface area (Å²) in [6.07, 6.45) is 1.97. The first kappa shape index (κ1) is 7.56. The van der Waals surface area contributed by atoms with Crippen molar-refractivity contribution >= 4 is 0 Å². The molecular formula is C9H17NO. The largest absolute Gasteiger partial charge is 0.373 e. The molecule has 2 fully saturated rings. The van der Waals surface area contributed by atoms with Crippen LogP contribution in [0.3, 0.4) is 0 Å². The summed E-state index contributed by atoms with van der Waals surface area (Å²) in [7, 11) is 0. The zero-order valence-electron chi connectivity index (χ0n) is 7.42. The molecule has 2 saturated heterocycles. The molecule has 0 spiro atoms. The highest BCUT2D eigenvalue weighted by atomic mass is 16.6. The van der Waals surface area contributed by atoms with Crippen molar-refractivity contribution in [1.82, 2.24) is 4.90 Å². The maximum absolute atomic E-state index is 5.29. The molecule has 2 heteroatoms. The quantitative estimate of drug-likeness (QED) is 0.555. The summed E-state index contributed by atoms with van der Waals surface area (Å²) in [6, 6.07) is 0.721. The van der Waals surface area contributed by atoms with Crippen LogP contribution in [0.1, 0.15) is 20.3 Å². The predicted molar refractivity (Wildman–Crippen MR) is 44.6 cm³/mol. The Morgan fingerprint density at radius 1 is 1.45 bits per heavy atom. The van der Waals surface area contributed by atoms with Gasteiger partial charge in [0, 0.05) is 18.5 Å². The first-order valence-corrected chi connectivity index (χ1v) is 4.63. The Morgan fingerprint density at radius 2 is 2.18 bits per heavy atom. The van der Waals surface area contributed by atoms with E-state index in [0.717, 1.165) is 18.6 Å². The van der Waals surface area contributed by atoms with Gasteiger partial charge in [0.15, 0.2) is 0 Å². The number of epoxide rings is 1. The fraction of sp³-hybridized carbons (Fsp3) is 1.00. The van der Waals surface area contributed by atoms with Gasteiger partial charge < -0.3 is 9.64 Å². The maximum Gasteiger partial charge on any atom is 0.0850 e. The van der Waals surface area contributed by atoms with Gasteiger partial charge in [-0.25, -0.2) is 0 Å². The highest BCUT2D eigenvalue weighted by Gasteiger charge is 2.37. The van der Waals surface area contributed by atoms with Crippen LogP contribution < -0.4 is 0 Å². The second-order valence-electron chi connectivity index (χ2n) is 4.01. The van der Waals surface area contributed by atoms with Gasteiger partial charge in [0.25, 0.3) is 0 Å². The van der Waals surface area contributed by atoms with Crippen LogP contribution in [0.25, 0.3) is 0 Å². The molecule has 0 N–H and O–H groups in total. The standard InChI is InChI=1S/C9H17NO/c1-7(2)10-4-3-8(5-10)9-6-11-9/h7-9H,3-6H2,1-2H3. The second-order valence-corrected chi connectivity index (χ2v) is 4.01. The van der Waals surface area contributed by atoms with Gasteiger partial charge in [0.05, 0.1) is 12.7 Å². The van der Waals surface area contributed by atoms with Gasteiger partial charge in [-0.3, -0.25) is 0 Å². The molecule has 0 aromatic carbocycles. The predicted octanol–water partition coefficient (Wildman–Crippen LogP) is 1.12. The third-order valence-electron chi connectivity index (χ3n) is 2.87. The summed E-state index contributed by atoms with van der Waals surface area (Å²) < 4.78 is 5.29. The Balaban J connectivity index is 1.82. The molecule has 2 aliphatic rings. The van der Waals surface area contributed by atoms with Crippen LogP contribution in [-0.2, 0) is 4.74 Å². The molecule has 0 amide bonds. The van der Waals surface area contributed by atoms with Crippen molar-refractivity contribution in [2.24, 2.45) is 5.92 Å². The van der Waals surface area contributed by atoms with E-state index in [9.17, 15) is 0 Å². The molecule has 0 saturated carbocycles. The average Bonchev–Trinajstić information content (AvgIpc) is 2.68. The van der Waals surface area contributed by atoms with Gasteiger partial charge in [-0.15, -0.1) is 0 Å². The molecule has 2 rings (SSSR count). The first-order chi connectivity index (χ1) is 5.27. The van der Waals surface area contributed by atoms with Crippen molar-refractivity contribution < 1.29 is 4.74 Å². The zero-order chi connectivity index (χ0) is 7.84. The molecule has 0 aliphatic carbocycles. The minimum absolute atomic E-state index is 0.624. The normalized spacial score (nSPS) is 38.5. The van der Waals surface area contributed by atoms with Gasteiger partial charge in [-0.05, 0) is 26.8 Å². The van der Waals surface area contributed by atoms with E-state index >= 15 is 0 Å². The molecule has 64 valence electrons. The number of hydrogen-bond acceptors (Lipinski definition) is 2. The van der Waals surface area contributed by atoms with Gasteiger partial charge in [0.2, 0.25) is 0 Å². The molecule has 2 aliphatic heterocycles. The third kappa shape index (κ3) is 1.57. The van der Waals surface area contributed by atoms with Crippen LogP contribution in [-0.4, -0.2) is 36.7 Å². The van der Waals surface area contributed by atoms with Crippen molar-refractivity contribution in [3.05, 3.63) is 0 Å². The molecule has 0 bridgehead atoms. The van der Waals surface area contributed by atoms with Crippen molar-refractivity contribution in [3.63, 3.8) is 0 Å². The lowest BCUT2D eigenvalue weighted by atomic mass is 10.1. The lowest BCUT2D eigenvalue weighted by Gasteiger charge is -2.19. The third-order valence-corrected chi connectivity index (χ3v) is 2.87. The van der Waals surface area contributed by atoms with Gasteiger partial charge >= 0.3 is 0 Å². The van der Waals surface area contributed by atoms with Gasteiger partial charge in [-0.1, -0.05) is 0 Å². The van der Waals surface area contributed by atoms with Crippen LogP contribution in [0.15, 0.2) is 0 Å². The number of nitrogens with zero attached hydrogens (tertiary/aromatic N) is 1. The number of hydrogen-bond donors (Lipinski definition) is 0. The first-order valence-electron chi connectivity index (χ1n) is 4.63. The van der Waals surface area contributed by atoms with Crippen molar-refractivity contribution in [3.8, 4) is 0 Å². The smallest absolute Gasteiger partial charge is 0.0850 e. The van der Waals surface area contributed by atoms with E-state index < -0.39 is 0 Å². The maximum atomic E-state index is 5.29. The Labute approximate surface area is 68.5 Å². The number of rotatable bonds is 2. The van der Waals surface area contributed by atoms with Crippen molar-refractivity contribution in [1.29, 1.82) is 0 Å². The summed E-state index contributed by atoms with van der Waals surface area (Å²) in [4.78, 5) is 2.55. The zero-order valence-corrected chi connectivity index (χ0v) is 7.42. The van der Waals surface area contributed by atoms with Gasteiger partial charge in [-0.2, -0.15) is 0 Å². The summed E-state index contributed by atoms with van der Waals surface area (Å²) in [6.45, 7) is 8.12. The van der Waals surface area contributed by atoms with Crippen LogP contribution in [0.2, 0.25) is 0 Å². The Bertz CT molecular complexity index is 134. The van der Waals surface area contributed by atoms with E-state index in [4.69, 9.17) is 4.74 Å². The lowest BCUT2D eigenvalue weighted by Crippen LogP contribution is -2.28. The van der Waals surface area contributed by atoms with Crippen LogP contribution in [0.4, 0.5) is 0 Å². The minimum atomic E-state index is 0.624. The van der Waals surface area contributed by atoms with E-state index in [-0.39, 0.29) is 0 Å². The lowest BCUT2D eigenvalue weighted by molar-refractivity contribution is 0.251. The van der Waals surface area contributed by atoms with E-state index in [1.807, 2.05) is 0 Å². The summed E-state index contributed by atoms with van der Waals surface area (Å²) in [5.74, 6) is 0.845. The Kier molecular flexibility index (Phi) is 1.90. The molecular weight excluding hydrogens is 138 g/mol. The fourth-order valence-electron chi connectivity index (χ4n) is 1.92. The second kappa shape index (κ2) is 2.76. The molecule has 2 nitrogen and oxygen atoms in total. The Morgan fingerprint density at radius 3 is 2.64 bits per heavy atom. The highest BCUT2D eigenvalue weighted by molar-refractivity contribution is 4.87. The highest BCUT2D eigenvalue weighted by Crippen LogP contribution is 2.29. The average molecular weight is 155 g/mol. The van der Waals surface area contributed by atoms with E-state index in [1.54, 1.807) is 0 Å². The SMILES string of the molecule is CC(C)N1CCC(C2CO2)C1. The van der Waals surface area contributed by atoms with E-state index in [2.05, 4.69) is 18.7 Å². The molecule has 2 heterocycles. The molecule has 2 atom stereocenters. The topological polar surface area (TPSA) is 15.8 Å². The van der Waals surface area contributed by atoms with Crippen LogP contribution >= 0.6 is 0 Å². The van der Waals surface area contributed by atoms with Gasteiger partial charge in [0.1, 0.15) is 0 Å². The Hall–Kier alpha value is -0.0800. The summed E-state index contributed by atoms with van der Waals surface area (Å²) in [5, 5.41) is 0. The number of ether oxygens (including phenoxy) is 1. The molecule has 11 heavy (non-hydrogen) atoms. The fourth-order valence-corrected chi connectivity index (χ4v) is 1.92.